The molecular formula is C14H24BrN3O3. The average molecular weight is 362 g/mol. The zero-order valence-electron chi connectivity index (χ0n) is 13.7. The standard InChI is InChI=1S/C14H24BrN3O3/c1-9(2)18(13(19)21-14(3,4)5)8-10-11(15)12(20-7)17(6)16-10/h9H,8H2,1-7H3. The van der Waals surface area contributed by atoms with Gasteiger partial charge in [0, 0.05) is 13.1 Å². The molecule has 0 aromatic carbocycles. The summed E-state index contributed by atoms with van der Waals surface area (Å²) in [6, 6.07) is -0.000231. The van der Waals surface area contributed by atoms with E-state index in [-0.39, 0.29) is 12.1 Å². The Kier molecular flexibility index (Phi) is 5.67. The van der Waals surface area contributed by atoms with E-state index in [4.69, 9.17) is 9.47 Å². The number of carbonyl (C=O) groups excluding carboxylic acids is 1. The van der Waals surface area contributed by atoms with Crippen molar-refractivity contribution >= 4 is 22.0 Å². The highest BCUT2D eigenvalue weighted by molar-refractivity contribution is 9.10. The van der Waals surface area contributed by atoms with E-state index < -0.39 is 5.60 Å². The lowest BCUT2D eigenvalue weighted by atomic mass is 10.2. The number of halogens is 1. The summed E-state index contributed by atoms with van der Waals surface area (Å²) in [4.78, 5) is 13.9. The average Bonchev–Trinajstić information content (AvgIpc) is 2.58. The number of methoxy groups -OCH3 is 1. The fraction of sp³-hybridized carbons (Fsp3) is 0.714. The molecule has 0 saturated carbocycles. The van der Waals surface area contributed by atoms with Crippen LogP contribution in [-0.2, 0) is 18.3 Å². The molecule has 1 aromatic heterocycles. The molecule has 0 aliphatic rings. The van der Waals surface area contributed by atoms with Crippen LogP contribution in [0.5, 0.6) is 5.88 Å². The number of aromatic nitrogens is 2. The van der Waals surface area contributed by atoms with E-state index in [2.05, 4.69) is 21.0 Å². The summed E-state index contributed by atoms with van der Waals surface area (Å²) in [7, 11) is 3.37. The van der Waals surface area contributed by atoms with Gasteiger partial charge in [-0.2, -0.15) is 5.10 Å². The van der Waals surface area contributed by atoms with Gasteiger partial charge in [-0.1, -0.05) is 0 Å². The lowest BCUT2D eigenvalue weighted by Crippen LogP contribution is -2.40. The first-order chi connectivity index (χ1) is 9.56. The number of amides is 1. The van der Waals surface area contributed by atoms with Crippen molar-refractivity contribution in [1.29, 1.82) is 0 Å². The third kappa shape index (κ3) is 4.62. The zero-order valence-corrected chi connectivity index (χ0v) is 15.3. The van der Waals surface area contributed by atoms with Crippen molar-refractivity contribution in [3.63, 3.8) is 0 Å². The predicted molar refractivity (Wildman–Crippen MR) is 84.4 cm³/mol. The number of ether oxygens (including phenoxy) is 2. The summed E-state index contributed by atoms with van der Waals surface area (Å²) in [6.45, 7) is 9.79. The molecule has 0 bridgehead atoms. The van der Waals surface area contributed by atoms with Crippen LogP contribution in [0.2, 0.25) is 0 Å². The summed E-state index contributed by atoms with van der Waals surface area (Å²) in [5.41, 5.74) is 0.206. The third-order valence-corrected chi connectivity index (χ3v) is 3.57. The monoisotopic (exact) mass is 361 g/mol. The van der Waals surface area contributed by atoms with Gasteiger partial charge in [-0.15, -0.1) is 0 Å². The van der Waals surface area contributed by atoms with Crippen LogP contribution in [0, 0.1) is 0 Å². The first-order valence-corrected chi connectivity index (χ1v) is 7.61. The maximum absolute atomic E-state index is 12.3. The molecule has 0 spiro atoms. The number of hydrogen-bond acceptors (Lipinski definition) is 4. The molecule has 0 unspecified atom stereocenters. The number of nitrogens with zero attached hydrogens (tertiary/aromatic N) is 3. The third-order valence-electron chi connectivity index (χ3n) is 2.77. The molecule has 21 heavy (non-hydrogen) atoms. The van der Waals surface area contributed by atoms with Gasteiger partial charge in [-0.05, 0) is 50.5 Å². The van der Waals surface area contributed by atoms with Gasteiger partial charge in [0.15, 0.2) is 0 Å². The maximum Gasteiger partial charge on any atom is 0.410 e. The van der Waals surface area contributed by atoms with Crippen LogP contribution in [0.15, 0.2) is 4.47 Å². The highest BCUT2D eigenvalue weighted by atomic mass is 79.9. The Hall–Kier alpha value is -1.24. The van der Waals surface area contributed by atoms with Crippen molar-refractivity contribution < 1.29 is 14.3 Å². The quantitative estimate of drug-likeness (QED) is 0.824. The second kappa shape index (κ2) is 6.68. The van der Waals surface area contributed by atoms with Gasteiger partial charge in [0.05, 0.1) is 13.7 Å². The minimum atomic E-state index is -0.525. The van der Waals surface area contributed by atoms with Gasteiger partial charge < -0.3 is 9.47 Å². The number of hydrogen-bond donors (Lipinski definition) is 0. The van der Waals surface area contributed by atoms with Crippen molar-refractivity contribution in [2.45, 2.75) is 52.8 Å². The molecule has 1 amide bonds. The lowest BCUT2D eigenvalue weighted by molar-refractivity contribution is 0.0168. The molecule has 0 N–H and O–H groups in total. The van der Waals surface area contributed by atoms with Crippen LogP contribution in [0.1, 0.15) is 40.3 Å². The molecule has 0 aliphatic heterocycles. The molecular weight excluding hydrogens is 338 g/mol. The highest BCUT2D eigenvalue weighted by Crippen LogP contribution is 2.29. The van der Waals surface area contributed by atoms with Gasteiger partial charge in [-0.25, -0.2) is 9.48 Å². The second-order valence-electron chi connectivity index (χ2n) is 6.10. The Labute approximate surface area is 134 Å². The number of carbonyl (C=O) groups is 1. The molecule has 0 saturated heterocycles. The topological polar surface area (TPSA) is 56.6 Å². The molecule has 7 heteroatoms. The van der Waals surface area contributed by atoms with Gasteiger partial charge in [0.25, 0.3) is 0 Å². The fourth-order valence-corrected chi connectivity index (χ4v) is 2.42. The summed E-state index contributed by atoms with van der Waals surface area (Å²) < 4.78 is 13.1. The summed E-state index contributed by atoms with van der Waals surface area (Å²) in [5.74, 6) is 0.623. The Bertz CT molecular complexity index is 506. The first-order valence-electron chi connectivity index (χ1n) is 6.81. The van der Waals surface area contributed by atoms with Crippen molar-refractivity contribution in [2.75, 3.05) is 7.11 Å². The minimum Gasteiger partial charge on any atom is -0.480 e. The second-order valence-corrected chi connectivity index (χ2v) is 6.89. The molecule has 0 aliphatic carbocycles. The van der Waals surface area contributed by atoms with E-state index in [1.807, 2.05) is 34.6 Å². The van der Waals surface area contributed by atoms with Crippen molar-refractivity contribution in [3.05, 3.63) is 10.2 Å². The van der Waals surface area contributed by atoms with E-state index in [0.29, 0.717) is 12.4 Å². The lowest BCUT2D eigenvalue weighted by Gasteiger charge is -2.29. The Morgan fingerprint density at radius 1 is 1.43 bits per heavy atom. The van der Waals surface area contributed by atoms with E-state index in [0.717, 1.165) is 10.2 Å². The van der Waals surface area contributed by atoms with E-state index in [1.165, 1.54) is 0 Å². The molecule has 0 radical (unpaired) electrons. The molecule has 6 nitrogen and oxygen atoms in total. The molecule has 0 atom stereocenters. The van der Waals surface area contributed by atoms with Crippen molar-refractivity contribution in [1.82, 2.24) is 14.7 Å². The van der Waals surface area contributed by atoms with Gasteiger partial charge in [0.1, 0.15) is 15.8 Å². The summed E-state index contributed by atoms with van der Waals surface area (Å²) >= 11 is 3.46. The summed E-state index contributed by atoms with van der Waals surface area (Å²) in [6.07, 6.45) is -0.353. The van der Waals surface area contributed by atoms with Crippen LogP contribution >= 0.6 is 15.9 Å². The predicted octanol–water partition coefficient (Wildman–Crippen LogP) is 3.34. The van der Waals surface area contributed by atoms with Crippen LogP contribution in [-0.4, -0.2) is 39.5 Å². The fourth-order valence-electron chi connectivity index (χ4n) is 1.80. The van der Waals surface area contributed by atoms with Gasteiger partial charge in [0.2, 0.25) is 5.88 Å². The Morgan fingerprint density at radius 2 is 2.00 bits per heavy atom. The number of aryl methyl sites for hydroxylation is 1. The molecule has 1 aromatic rings. The molecule has 1 heterocycles. The first kappa shape index (κ1) is 17.8. The number of rotatable bonds is 4. The SMILES string of the molecule is COc1c(Br)c(CN(C(=O)OC(C)(C)C)C(C)C)nn1C. The highest BCUT2D eigenvalue weighted by Gasteiger charge is 2.26. The van der Waals surface area contributed by atoms with E-state index in [1.54, 1.807) is 23.7 Å². The smallest absolute Gasteiger partial charge is 0.410 e. The van der Waals surface area contributed by atoms with Crippen LogP contribution in [0.4, 0.5) is 4.79 Å². The maximum atomic E-state index is 12.3. The van der Waals surface area contributed by atoms with Crippen LogP contribution < -0.4 is 4.74 Å². The molecule has 120 valence electrons. The van der Waals surface area contributed by atoms with Crippen LogP contribution in [0.3, 0.4) is 0 Å². The van der Waals surface area contributed by atoms with Crippen molar-refractivity contribution in [2.24, 2.45) is 7.05 Å². The van der Waals surface area contributed by atoms with E-state index >= 15 is 0 Å². The van der Waals surface area contributed by atoms with E-state index in [9.17, 15) is 4.79 Å². The van der Waals surface area contributed by atoms with Gasteiger partial charge in [-0.3, -0.25) is 4.90 Å². The Balaban J connectivity index is 2.97. The normalized spacial score (nSPS) is 11.7. The van der Waals surface area contributed by atoms with Crippen LogP contribution in [0.25, 0.3) is 0 Å². The zero-order chi connectivity index (χ0) is 16.4. The minimum absolute atomic E-state index is 0.000231. The molecule has 1 rings (SSSR count). The summed E-state index contributed by atoms with van der Waals surface area (Å²) in [5, 5.41) is 4.38. The largest absolute Gasteiger partial charge is 0.480 e. The van der Waals surface area contributed by atoms with Gasteiger partial charge >= 0.3 is 6.09 Å². The molecule has 0 fully saturated rings. The Morgan fingerprint density at radius 3 is 2.38 bits per heavy atom. The van der Waals surface area contributed by atoms with Crippen molar-refractivity contribution in [3.8, 4) is 5.88 Å².